The van der Waals surface area contributed by atoms with Crippen molar-refractivity contribution in [3.8, 4) is 5.75 Å². The molecule has 0 fully saturated rings. The number of aliphatic carboxylic acids is 2. The minimum absolute atomic E-state index is 0.0367. The minimum atomic E-state index is -1.73. The van der Waals surface area contributed by atoms with E-state index < -0.39 is 66.4 Å². The Morgan fingerprint density at radius 2 is 1.49 bits per heavy atom. The van der Waals surface area contributed by atoms with E-state index in [1.54, 1.807) is 12.1 Å². The molecule has 206 valence electrons. The highest BCUT2D eigenvalue weighted by Crippen LogP contribution is 2.11. The summed E-state index contributed by atoms with van der Waals surface area (Å²) in [6, 6.07) is 0.358. The first-order chi connectivity index (χ1) is 17.3. The SMILES string of the molecule is CC(O)C(NC(=O)C(N)Cc1ccc(O)cc1)C(=O)NC(CCCCN)C(=O)NC(CC(=O)O)C(=O)O. The van der Waals surface area contributed by atoms with E-state index >= 15 is 0 Å². The number of nitrogens with one attached hydrogen (secondary N) is 3. The molecule has 0 bridgehead atoms. The van der Waals surface area contributed by atoms with E-state index in [2.05, 4.69) is 16.0 Å². The molecule has 0 spiro atoms. The summed E-state index contributed by atoms with van der Waals surface area (Å²) in [5, 5.41) is 44.4. The number of benzene rings is 1. The molecule has 0 aliphatic rings. The van der Waals surface area contributed by atoms with Crippen LogP contribution in [-0.2, 0) is 30.4 Å². The third-order valence-electron chi connectivity index (χ3n) is 5.36. The molecule has 5 unspecified atom stereocenters. The summed E-state index contributed by atoms with van der Waals surface area (Å²) < 4.78 is 0. The number of hydrogen-bond donors (Lipinski definition) is 9. The summed E-state index contributed by atoms with van der Waals surface area (Å²) in [5.74, 6) is -5.62. The molecule has 0 saturated heterocycles. The number of hydrogen-bond acceptors (Lipinski definition) is 9. The molecule has 0 aliphatic carbocycles. The minimum Gasteiger partial charge on any atom is -0.508 e. The number of carboxylic acid groups (broad SMARTS) is 2. The highest BCUT2D eigenvalue weighted by atomic mass is 16.4. The van der Waals surface area contributed by atoms with Crippen molar-refractivity contribution in [3.05, 3.63) is 29.8 Å². The smallest absolute Gasteiger partial charge is 0.326 e. The Kier molecular flexibility index (Phi) is 13.0. The fourth-order valence-corrected chi connectivity index (χ4v) is 3.31. The van der Waals surface area contributed by atoms with E-state index in [9.17, 15) is 39.3 Å². The van der Waals surface area contributed by atoms with E-state index in [0.29, 0.717) is 24.9 Å². The normalized spacial score (nSPS) is 14.9. The van der Waals surface area contributed by atoms with Gasteiger partial charge in [0.1, 0.15) is 23.9 Å². The van der Waals surface area contributed by atoms with Crippen molar-refractivity contribution >= 4 is 29.7 Å². The lowest BCUT2D eigenvalue weighted by molar-refractivity contribution is -0.147. The number of nitrogens with two attached hydrogens (primary N) is 2. The second-order valence-electron chi connectivity index (χ2n) is 8.55. The van der Waals surface area contributed by atoms with Crippen LogP contribution in [0.2, 0.25) is 0 Å². The van der Waals surface area contributed by atoms with Gasteiger partial charge in [0.25, 0.3) is 0 Å². The average Bonchev–Trinajstić information content (AvgIpc) is 2.81. The number of carbonyl (C=O) groups is 5. The molecule has 0 aliphatic heterocycles. The molecule has 1 aromatic rings. The van der Waals surface area contributed by atoms with Crippen molar-refractivity contribution in [1.82, 2.24) is 16.0 Å². The summed E-state index contributed by atoms with van der Waals surface area (Å²) in [4.78, 5) is 60.5. The molecule has 14 nitrogen and oxygen atoms in total. The Hall–Kier alpha value is -3.75. The maximum Gasteiger partial charge on any atom is 0.326 e. The Morgan fingerprint density at radius 3 is 2.00 bits per heavy atom. The molecule has 0 radical (unpaired) electrons. The van der Waals surface area contributed by atoms with Gasteiger partial charge >= 0.3 is 11.9 Å². The van der Waals surface area contributed by atoms with Gasteiger partial charge in [-0.15, -0.1) is 0 Å². The number of carbonyl (C=O) groups excluding carboxylic acids is 3. The van der Waals surface area contributed by atoms with Crippen LogP contribution in [0.25, 0.3) is 0 Å². The standard InChI is InChI=1S/C23H35N5O9/c1-12(29)19(28-20(33)15(25)10-13-5-7-14(30)8-6-13)22(35)26-16(4-2-3-9-24)21(34)27-17(23(36)37)11-18(31)32/h5-8,12,15-17,19,29-30H,2-4,9-11,24-25H2,1H3,(H,26,35)(H,27,34)(H,28,33)(H,31,32)(H,36,37). The fraction of sp³-hybridized carbons (Fsp3) is 0.522. The number of carboxylic acids is 2. The number of phenolic OH excluding ortho intramolecular Hbond substituents is 1. The second kappa shape index (κ2) is 15.4. The van der Waals surface area contributed by atoms with Crippen molar-refractivity contribution in [2.24, 2.45) is 11.5 Å². The highest BCUT2D eigenvalue weighted by Gasteiger charge is 2.32. The number of aliphatic hydroxyl groups is 1. The van der Waals surface area contributed by atoms with Crippen LogP contribution in [0, 0.1) is 0 Å². The molecule has 5 atom stereocenters. The molecule has 37 heavy (non-hydrogen) atoms. The molecular weight excluding hydrogens is 490 g/mol. The topological polar surface area (TPSA) is 254 Å². The lowest BCUT2D eigenvalue weighted by Crippen LogP contribution is -2.60. The van der Waals surface area contributed by atoms with Crippen molar-refractivity contribution in [2.75, 3.05) is 6.54 Å². The summed E-state index contributed by atoms with van der Waals surface area (Å²) in [5.41, 5.74) is 12.0. The Balaban J connectivity index is 2.93. The van der Waals surface area contributed by atoms with Crippen molar-refractivity contribution in [2.45, 2.75) is 69.3 Å². The van der Waals surface area contributed by atoms with E-state index in [4.69, 9.17) is 16.6 Å². The van der Waals surface area contributed by atoms with Crippen LogP contribution in [0.3, 0.4) is 0 Å². The van der Waals surface area contributed by atoms with Gasteiger partial charge in [-0.05, 0) is 56.8 Å². The molecule has 1 aromatic carbocycles. The zero-order valence-corrected chi connectivity index (χ0v) is 20.4. The van der Waals surface area contributed by atoms with Gasteiger partial charge in [0.05, 0.1) is 18.6 Å². The van der Waals surface area contributed by atoms with Crippen LogP contribution in [0.5, 0.6) is 5.75 Å². The van der Waals surface area contributed by atoms with Crippen molar-refractivity contribution in [3.63, 3.8) is 0 Å². The van der Waals surface area contributed by atoms with Crippen molar-refractivity contribution < 1.29 is 44.4 Å². The van der Waals surface area contributed by atoms with E-state index in [0.717, 1.165) is 0 Å². The quantitative estimate of drug-likeness (QED) is 0.104. The fourth-order valence-electron chi connectivity index (χ4n) is 3.31. The molecule has 0 heterocycles. The monoisotopic (exact) mass is 525 g/mol. The first-order valence-electron chi connectivity index (χ1n) is 11.6. The third kappa shape index (κ3) is 11.2. The van der Waals surface area contributed by atoms with Crippen molar-refractivity contribution in [1.29, 1.82) is 0 Å². The van der Waals surface area contributed by atoms with E-state index in [1.165, 1.54) is 19.1 Å². The van der Waals surface area contributed by atoms with Crippen LogP contribution in [0.15, 0.2) is 24.3 Å². The van der Waals surface area contributed by atoms with Crippen LogP contribution in [-0.4, -0.2) is 86.9 Å². The molecule has 0 saturated carbocycles. The summed E-state index contributed by atoms with van der Waals surface area (Å²) in [6.07, 6.45) is -1.31. The number of phenols is 1. The Morgan fingerprint density at radius 1 is 0.892 bits per heavy atom. The predicted octanol–water partition coefficient (Wildman–Crippen LogP) is -2.21. The molecule has 11 N–H and O–H groups in total. The molecule has 1 rings (SSSR count). The molecule has 3 amide bonds. The summed E-state index contributed by atoms with van der Waals surface area (Å²) in [7, 11) is 0. The molecule has 0 aromatic heterocycles. The van der Waals surface area contributed by atoms with E-state index in [1.807, 2.05) is 0 Å². The highest BCUT2D eigenvalue weighted by molar-refractivity contribution is 5.94. The van der Waals surface area contributed by atoms with Gasteiger partial charge < -0.3 is 47.8 Å². The zero-order chi connectivity index (χ0) is 28.1. The number of rotatable bonds is 16. The van der Waals surface area contributed by atoms with Gasteiger partial charge in [0, 0.05) is 0 Å². The number of aromatic hydroxyl groups is 1. The van der Waals surface area contributed by atoms with Gasteiger partial charge in [-0.3, -0.25) is 19.2 Å². The van der Waals surface area contributed by atoms with Crippen LogP contribution < -0.4 is 27.4 Å². The maximum absolute atomic E-state index is 12.9. The first kappa shape index (κ1) is 31.3. The third-order valence-corrected chi connectivity index (χ3v) is 5.36. The summed E-state index contributed by atoms with van der Waals surface area (Å²) >= 11 is 0. The second-order valence-corrected chi connectivity index (χ2v) is 8.55. The Labute approximate surface area is 213 Å². The summed E-state index contributed by atoms with van der Waals surface area (Å²) in [6.45, 7) is 1.54. The number of amides is 3. The van der Waals surface area contributed by atoms with Crippen LogP contribution in [0.1, 0.15) is 38.2 Å². The zero-order valence-electron chi connectivity index (χ0n) is 20.4. The predicted molar refractivity (Wildman–Crippen MR) is 130 cm³/mol. The molecule has 14 heteroatoms. The maximum atomic E-state index is 12.9. The Bertz CT molecular complexity index is 939. The van der Waals surface area contributed by atoms with E-state index in [-0.39, 0.29) is 18.6 Å². The number of aliphatic hydroxyl groups excluding tert-OH is 1. The van der Waals surface area contributed by atoms with Gasteiger partial charge in [-0.1, -0.05) is 12.1 Å². The molecular formula is C23H35N5O9. The first-order valence-corrected chi connectivity index (χ1v) is 11.6. The van der Waals surface area contributed by atoms with Gasteiger partial charge in [-0.2, -0.15) is 0 Å². The van der Waals surface area contributed by atoms with Crippen LogP contribution in [0.4, 0.5) is 0 Å². The van der Waals surface area contributed by atoms with Gasteiger partial charge in [-0.25, -0.2) is 4.79 Å². The van der Waals surface area contributed by atoms with Crippen LogP contribution >= 0.6 is 0 Å². The largest absolute Gasteiger partial charge is 0.508 e. The lowest BCUT2D eigenvalue weighted by atomic mass is 10.0. The number of unbranched alkanes of at least 4 members (excludes halogenated alkanes) is 1. The van der Waals surface area contributed by atoms with Gasteiger partial charge in [0.15, 0.2) is 0 Å². The average molecular weight is 526 g/mol. The van der Waals surface area contributed by atoms with Gasteiger partial charge in [0.2, 0.25) is 17.7 Å². The lowest BCUT2D eigenvalue weighted by Gasteiger charge is -2.26.